The molecule has 0 aromatic heterocycles. The normalized spacial score (nSPS) is 15.1. The smallest absolute Gasteiger partial charge is 0.306 e. The molecule has 7 heteroatoms. The zero-order valence-electron chi connectivity index (χ0n) is 9.01. The lowest BCUT2D eigenvalue weighted by Gasteiger charge is -2.14. The minimum absolute atomic E-state index is 0.414. The fraction of sp³-hybridized carbons (Fsp3) is 0.625. The van der Waals surface area contributed by atoms with Gasteiger partial charge in [-0.1, -0.05) is 23.8 Å². The van der Waals surface area contributed by atoms with E-state index < -0.39 is 6.72 Å². The predicted octanol–water partition coefficient (Wildman–Crippen LogP) is 3.34. The van der Waals surface area contributed by atoms with Crippen LogP contribution in [0.1, 0.15) is 13.8 Å². The third-order valence-corrected chi connectivity index (χ3v) is 7.64. The molecule has 1 unspecified atom stereocenters. The molecule has 0 aliphatic rings. The summed E-state index contributed by atoms with van der Waals surface area (Å²) in [7, 11) is 2.73. The van der Waals surface area contributed by atoms with Crippen LogP contribution in [0.5, 0.6) is 0 Å². The van der Waals surface area contributed by atoms with Crippen LogP contribution in [-0.2, 0) is 9.09 Å². The van der Waals surface area contributed by atoms with Crippen molar-refractivity contribution in [1.82, 2.24) is 5.09 Å². The van der Waals surface area contributed by atoms with Crippen LogP contribution in [0.25, 0.3) is 0 Å². The first-order chi connectivity index (χ1) is 7.18. The van der Waals surface area contributed by atoms with Crippen LogP contribution in [0.4, 0.5) is 0 Å². The van der Waals surface area contributed by atoms with E-state index in [1.165, 1.54) is 27.5 Å². The summed E-state index contributed by atoms with van der Waals surface area (Å²) in [6.07, 6.45) is 3.08. The maximum absolute atomic E-state index is 12.0. The van der Waals surface area contributed by atoms with Crippen LogP contribution in [-0.4, -0.2) is 25.2 Å². The van der Waals surface area contributed by atoms with E-state index >= 15 is 0 Å². The number of rotatable bonds is 9. The Morgan fingerprint density at radius 3 is 2.87 bits per heavy atom. The van der Waals surface area contributed by atoms with E-state index in [4.69, 9.17) is 4.52 Å². The Morgan fingerprint density at radius 2 is 2.33 bits per heavy atom. The number of hydrogen-bond donors (Lipinski definition) is 1. The first kappa shape index (κ1) is 15.1. The Hall–Kier alpha value is 0.1000. The molecule has 1 atom stereocenters. The Bertz CT molecular complexity index is 249. The molecule has 0 spiro atoms. The third-order valence-electron chi connectivity index (χ3n) is 1.11. The van der Waals surface area contributed by atoms with Crippen molar-refractivity contribution in [3.63, 3.8) is 0 Å². The molecule has 0 heterocycles. The lowest BCUT2D eigenvalue weighted by Crippen LogP contribution is -2.07. The van der Waals surface area contributed by atoms with Crippen molar-refractivity contribution >= 4 is 34.3 Å². The molecule has 0 saturated carbocycles. The van der Waals surface area contributed by atoms with Gasteiger partial charge in [0, 0.05) is 16.2 Å². The molecule has 0 rings (SSSR count). The molecule has 88 valence electrons. The van der Waals surface area contributed by atoms with Gasteiger partial charge in [0.25, 0.3) is 0 Å². The van der Waals surface area contributed by atoms with Gasteiger partial charge in [-0.15, -0.1) is 6.58 Å². The zero-order chi connectivity index (χ0) is 11.6. The van der Waals surface area contributed by atoms with Gasteiger partial charge in [-0.2, -0.15) is 0 Å². The van der Waals surface area contributed by atoms with E-state index in [1.54, 1.807) is 6.08 Å². The van der Waals surface area contributed by atoms with Crippen LogP contribution in [0, 0.1) is 0 Å². The minimum Gasteiger partial charge on any atom is -0.306 e. The molecule has 0 aliphatic heterocycles. The predicted molar refractivity (Wildman–Crippen MR) is 71.6 cm³/mol. The van der Waals surface area contributed by atoms with Crippen molar-refractivity contribution in [3.05, 3.63) is 12.7 Å². The van der Waals surface area contributed by atoms with E-state index in [-0.39, 0.29) is 0 Å². The summed E-state index contributed by atoms with van der Waals surface area (Å²) < 4.78 is 17.2. The standard InChI is InChI=1S/C8H17N2O2PS2/c1-4-7-9-8-10-13(11,12-5-2)15-14-6-3/h4,8H,1,5-7H2,2-3H3,(H,9,10,11). The van der Waals surface area contributed by atoms with Gasteiger partial charge in [-0.25, -0.2) is 0 Å². The first-order valence-electron chi connectivity index (χ1n) is 4.61. The molecular formula is C8H17N2O2PS2. The summed E-state index contributed by atoms with van der Waals surface area (Å²) in [6, 6.07) is 0. The fourth-order valence-electron chi connectivity index (χ4n) is 0.611. The second kappa shape index (κ2) is 9.33. The minimum atomic E-state index is -2.83. The highest BCUT2D eigenvalue weighted by Crippen LogP contribution is 2.60. The molecule has 0 aliphatic carbocycles. The molecule has 4 nitrogen and oxygen atoms in total. The van der Waals surface area contributed by atoms with Gasteiger partial charge in [0.05, 0.1) is 19.5 Å². The summed E-state index contributed by atoms with van der Waals surface area (Å²) in [6.45, 7) is 5.43. The second-order valence-corrected chi connectivity index (χ2v) is 8.72. The quantitative estimate of drug-likeness (QED) is 0.228. The molecule has 0 aromatic carbocycles. The maximum Gasteiger partial charge on any atom is 0.362 e. The topological polar surface area (TPSA) is 50.7 Å². The number of aliphatic imine (C=N–C) groups is 1. The van der Waals surface area contributed by atoms with E-state index in [9.17, 15) is 4.57 Å². The lowest BCUT2D eigenvalue weighted by molar-refractivity contribution is 0.343. The lowest BCUT2D eigenvalue weighted by atomic mass is 10.7. The van der Waals surface area contributed by atoms with Gasteiger partial charge < -0.3 is 4.52 Å². The number of nitrogens with zero attached hydrogens (tertiary/aromatic N) is 1. The van der Waals surface area contributed by atoms with Crippen LogP contribution in [0.2, 0.25) is 0 Å². The summed E-state index contributed by atoms with van der Waals surface area (Å²) in [4.78, 5) is 3.94. The largest absolute Gasteiger partial charge is 0.362 e. The molecule has 0 radical (unpaired) electrons. The van der Waals surface area contributed by atoms with Crippen molar-refractivity contribution in [2.75, 3.05) is 18.9 Å². The van der Waals surface area contributed by atoms with Gasteiger partial charge in [-0.3, -0.25) is 14.6 Å². The van der Waals surface area contributed by atoms with E-state index in [0.29, 0.717) is 13.2 Å². The highest BCUT2D eigenvalue weighted by molar-refractivity contribution is 8.99. The van der Waals surface area contributed by atoms with Crippen LogP contribution >= 0.6 is 27.9 Å². The van der Waals surface area contributed by atoms with Crippen LogP contribution in [0.15, 0.2) is 17.6 Å². The Morgan fingerprint density at radius 1 is 1.60 bits per heavy atom. The van der Waals surface area contributed by atoms with Crippen molar-refractivity contribution < 1.29 is 9.09 Å². The SMILES string of the molecule is C=CCN=CNP(=O)(OCC)SSCC. The number of hydrogen-bond acceptors (Lipinski definition) is 5. The molecular weight excluding hydrogens is 251 g/mol. The average Bonchev–Trinajstić information content (AvgIpc) is 2.22. The van der Waals surface area contributed by atoms with Crippen molar-refractivity contribution in [2.45, 2.75) is 13.8 Å². The van der Waals surface area contributed by atoms with Gasteiger partial charge in [0.2, 0.25) is 0 Å². The highest BCUT2D eigenvalue weighted by Gasteiger charge is 2.22. The summed E-state index contributed by atoms with van der Waals surface area (Å²) in [5, 5.41) is 2.70. The van der Waals surface area contributed by atoms with Crippen LogP contribution < -0.4 is 5.09 Å². The first-order valence-corrected chi connectivity index (χ1v) is 9.16. The molecule has 0 fully saturated rings. The van der Waals surface area contributed by atoms with E-state index in [0.717, 1.165) is 5.75 Å². The second-order valence-electron chi connectivity index (χ2n) is 2.31. The Balaban J connectivity index is 4.11. The van der Waals surface area contributed by atoms with Gasteiger partial charge in [0.1, 0.15) is 0 Å². The van der Waals surface area contributed by atoms with Crippen LogP contribution in [0.3, 0.4) is 0 Å². The molecule has 1 N–H and O–H groups in total. The van der Waals surface area contributed by atoms with E-state index in [2.05, 4.69) is 16.7 Å². The molecule has 0 aromatic rings. The van der Waals surface area contributed by atoms with Gasteiger partial charge in [-0.05, 0) is 6.92 Å². The van der Waals surface area contributed by atoms with Crippen molar-refractivity contribution in [1.29, 1.82) is 0 Å². The highest BCUT2D eigenvalue weighted by atomic mass is 33.3. The molecule has 15 heavy (non-hydrogen) atoms. The summed E-state index contributed by atoms with van der Waals surface area (Å²) >= 11 is 0. The number of nitrogens with one attached hydrogen (secondary N) is 1. The van der Waals surface area contributed by atoms with Crippen molar-refractivity contribution in [2.24, 2.45) is 4.99 Å². The Kier molecular flexibility index (Phi) is 9.40. The monoisotopic (exact) mass is 268 g/mol. The summed E-state index contributed by atoms with van der Waals surface area (Å²) in [5.41, 5.74) is 0. The van der Waals surface area contributed by atoms with Gasteiger partial charge in [0.15, 0.2) is 0 Å². The third kappa shape index (κ3) is 7.96. The van der Waals surface area contributed by atoms with Gasteiger partial charge >= 0.3 is 6.72 Å². The maximum atomic E-state index is 12.0. The molecule has 0 amide bonds. The molecule has 0 saturated heterocycles. The Labute approximate surface area is 99.0 Å². The zero-order valence-corrected chi connectivity index (χ0v) is 11.5. The fourth-order valence-corrected chi connectivity index (χ4v) is 6.00. The summed E-state index contributed by atoms with van der Waals surface area (Å²) in [5.74, 6) is 0.882. The average molecular weight is 268 g/mol. The van der Waals surface area contributed by atoms with E-state index in [1.807, 2.05) is 13.8 Å². The molecule has 0 bridgehead atoms. The van der Waals surface area contributed by atoms with Crippen molar-refractivity contribution in [3.8, 4) is 0 Å².